The first kappa shape index (κ1) is 16.6. The lowest BCUT2D eigenvalue weighted by molar-refractivity contribution is -0.119. The van der Waals surface area contributed by atoms with Crippen molar-refractivity contribution in [3.8, 4) is 11.5 Å². The van der Waals surface area contributed by atoms with Gasteiger partial charge in [-0.05, 0) is 23.8 Å². The number of carbonyl (C=O) groups is 2. The third-order valence-corrected chi connectivity index (χ3v) is 4.17. The quantitative estimate of drug-likeness (QED) is 0.891. The minimum Gasteiger partial charge on any atom is -0.497 e. The van der Waals surface area contributed by atoms with E-state index in [2.05, 4.69) is 5.32 Å². The summed E-state index contributed by atoms with van der Waals surface area (Å²) in [7, 11) is 3.05. The van der Waals surface area contributed by atoms with E-state index in [4.69, 9.17) is 15.2 Å². The van der Waals surface area contributed by atoms with Gasteiger partial charge >= 0.3 is 6.03 Å². The van der Waals surface area contributed by atoms with Crippen molar-refractivity contribution >= 4 is 23.3 Å². The zero-order chi connectivity index (χ0) is 18.0. The third-order valence-electron chi connectivity index (χ3n) is 4.17. The molecule has 1 atom stereocenters. The van der Waals surface area contributed by atoms with Crippen LogP contribution >= 0.6 is 0 Å². The minimum atomic E-state index is -0.721. The van der Waals surface area contributed by atoms with Crippen molar-refractivity contribution in [1.82, 2.24) is 0 Å². The molecule has 3 N–H and O–H groups in total. The van der Waals surface area contributed by atoms with Crippen LogP contribution in [0.15, 0.2) is 42.5 Å². The fraction of sp³-hybridized carbons (Fsp3) is 0.222. The van der Waals surface area contributed by atoms with E-state index >= 15 is 0 Å². The van der Waals surface area contributed by atoms with Crippen LogP contribution in [0.3, 0.4) is 0 Å². The van der Waals surface area contributed by atoms with Gasteiger partial charge in [-0.25, -0.2) is 4.79 Å². The number of hydrogen-bond acceptors (Lipinski definition) is 4. The summed E-state index contributed by atoms with van der Waals surface area (Å²) in [6.07, 6.45) is 0.401. The maximum atomic E-state index is 12.8. The average molecular weight is 341 g/mol. The Balaban J connectivity index is 1.91. The molecule has 0 aliphatic carbocycles. The fourth-order valence-electron chi connectivity index (χ4n) is 2.94. The number of carbonyl (C=O) groups excluding carboxylic acids is 2. The number of methoxy groups -OCH3 is 2. The molecular formula is C18H19N3O4. The number of anilines is 2. The molecule has 0 radical (unpaired) electrons. The Kier molecular flexibility index (Phi) is 4.47. The van der Waals surface area contributed by atoms with Gasteiger partial charge < -0.3 is 20.5 Å². The van der Waals surface area contributed by atoms with E-state index in [1.165, 1.54) is 12.0 Å². The number of ether oxygens (including phenoxy) is 2. The Labute approximate surface area is 145 Å². The van der Waals surface area contributed by atoms with Gasteiger partial charge in [-0.15, -0.1) is 0 Å². The topological polar surface area (TPSA) is 93.9 Å². The van der Waals surface area contributed by atoms with Crippen LogP contribution in [0.1, 0.15) is 5.56 Å². The number of rotatable bonds is 4. The molecule has 1 aliphatic heterocycles. The van der Waals surface area contributed by atoms with Gasteiger partial charge in [-0.3, -0.25) is 9.69 Å². The summed E-state index contributed by atoms with van der Waals surface area (Å²) in [6.45, 7) is 0. The Morgan fingerprint density at radius 1 is 1.16 bits per heavy atom. The number of nitrogens with zero attached hydrogens (tertiary/aromatic N) is 1. The van der Waals surface area contributed by atoms with Crippen LogP contribution in [0.2, 0.25) is 0 Å². The van der Waals surface area contributed by atoms with Gasteiger partial charge in [0.25, 0.3) is 0 Å². The molecule has 25 heavy (non-hydrogen) atoms. The Bertz CT molecular complexity index is 822. The molecule has 3 rings (SSSR count). The number of fused-ring (bicyclic) bond motifs is 1. The molecule has 0 fully saturated rings. The summed E-state index contributed by atoms with van der Waals surface area (Å²) in [4.78, 5) is 26.0. The van der Waals surface area contributed by atoms with E-state index in [0.717, 1.165) is 5.56 Å². The number of hydrogen-bond donors (Lipinski definition) is 2. The largest absolute Gasteiger partial charge is 0.497 e. The summed E-state index contributed by atoms with van der Waals surface area (Å²) in [5.41, 5.74) is 7.55. The van der Waals surface area contributed by atoms with Crippen molar-refractivity contribution in [1.29, 1.82) is 0 Å². The van der Waals surface area contributed by atoms with E-state index in [1.807, 2.05) is 18.2 Å². The molecule has 0 saturated heterocycles. The monoisotopic (exact) mass is 341 g/mol. The molecule has 2 aromatic carbocycles. The molecule has 3 amide bonds. The Morgan fingerprint density at radius 3 is 2.60 bits per heavy atom. The van der Waals surface area contributed by atoms with Gasteiger partial charge in [0.15, 0.2) is 0 Å². The summed E-state index contributed by atoms with van der Waals surface area (Å²) in [6, 6.07) is 11.2. The number of nitrogens with one attached hydrogen (secondary N) is 1. The summed E-state index contributed by atoms with van der Waals surface area (Å²) in [5.74, 6) is 0.514. The van der Waals surface area contributed by atoms with Gasteiger partial charge in [0.2, 0.25) is 5.91 Å². The fourth-order valence-corrected chi connectivity index (χ4v) is 2.94. The highest BCUT2D eigenvalue weighted by Gasteiger charge is 2.37. The van der Waals surface area contributed by atoms with Gasteiger partial charge in [0.05, 0.1) is 19.9 Å². The number of amides is 3. The highest BCUT2D eigenvalue weighted by Crippen LogP contribution is 2.34. The van der Waals surface area contributed by atoms with Gasteiger partial charge in [0, 0.05) is 18.2 Å². The number of nitrogens with two attached hydrogens (primary N) is 1. The number of primary amides is 1. The van der Waals surface area contributed by atoms with Gasteiger partial charge in [-0.1, -0.05) is 18.2 Å². The van der Waals surface area contributed by atoms with Crippen LogP contribution in [0, 0.1) is 0 Å². The molecule has 1 heterocycles. The zero-order valence-corrected chi connectivity index (χ0v) is 14.0. The van der Waals surface area contributed by atoms with Crippen molar-refractivity contribution < 1.29 is 19.1 Å². The molecule has 0 aromatic heterocycles. The molecular weight excluding hydrogens is 322 g/mol. The zero-order valence-electron chi connectivity index (χ0n) is 14.0. The first-order valence-electron chi connectivity index (χ1n) is 7.74. The average Bonchev–Trinajstić information content (AvgIpc) is 3.02. The maximum Gasteiger partial charge on any atom is 0.327 e. The van der Waals surface area contributed by atoms with Gasteiger partial charge in [-0.2, -0.15) is 0 Å². The van der Waals surface area contributed by atoms with Crippen LogP contribution < -0.4 is 25.4 Å². The Morgan fingerprint density at radius 2 is 1.92 bits per heavy atom. The van der Waals surface area contributed by atoms with E-state index in [0.29, 0.717) is 29.3 Å². The maximum absolute atomic E-state index is 12.8. The van der Waals surface area contributed by atoms with Crippen molar-refractivity contribution in [2.45, 2.75) is 12.5 Å². The van der Waals surface area contributed by atoms with E-state index in [9.17, 15) is 9.59 Å². The van der Waals surface area contributed by atoms with Crippen molar-refractivity contribution in [2.75, 3.05) is 24.4 Å². The lowest BCUT2D eigenvalue weighted by Gasteiger charge is -2.24. The van der Waals surface area contributed by atoms with E-state index in [-0.39, 0.29) is 0 Å². The predicted octanol–water partition coefficient (Wildman–Crippen LogP) is 2.15. The Hall–Kier alpha value is -3.22. The molecule has 7 nitrogen and oxygen atoms in total. The second-order valence-electron chi connectivity index (χ2n) is 5.62. The predicted molar refractivity (Wildman–Crippen MR) is 94.2 cm³/mol. The first-order valence-corrected chi connectivity index (χ1v) is 7.74. The highest BCUT2D eigenvalue weighted by molar-refractivity contribution is 6.08. The standard InChI is InChI=1S/C18H19N3O4/c1-24-12-7-8-13(16(10-12)25-2)20-18(23)21-14-6-4-3-5-11(14)9-15(21)17(19)22/h3-8,10,15H,9H2,1-2H3,(H2,19,22)(H,20,23)/t15-/m1/s1. The first-order chi connectivity index (χ1) is 12.0. The molecule has 0 unspecified atom stereocenters. The lowest BCUT2D eigenvalue weighted by Crippen LogP contribution is -2.47. The molecule has 1 aliphatic rings. The van der Waals surface area contributed by atoms with Crippen LogP contribution in [0.25, 0.3) is 0 Å². The van der Waals surface area contributed by atoms with Crippen molar-refractivity contribution in [2.24, 2.45) is 5.73 Å². The lowest BCUT2D eigenvalue weighted by atomic mass is 10.1. The van der Waals surface area contributed by atoms with Crippen LogP contribution in [0.4, 0.5) is 16.2 Å². The van der Waals surface area contributed by atoms with Crippen LogP contribution in [0.5, 0.6) is 11.5 Å². The number of para-hydroxylation sites is 1. The number of urea groups is 1. The van der Waals surface area contributed by atoms with Gasteiger partial charge in [0.1, 0.15) is 17.5 Å². The minimum absolute atomic E-state index is 0.401. The van der Waals surface area contributed by atoms with E-state index < -0.39 is 18.0 Å². The second-order valence-corrected chi connectivity index (χ2v) is 5.62. The molecule has 0 spiro atoms. The highest BCUT2D eigenvalue weighted by atomic mass is 16.5. The van der Waals surface area contributed by atoms with Crippen LogP contribution in [-0.4, -0.2) is 32.2 Å². The third kappa shape index (κ3) is 3.08. The summed E-state index contributed by atoms with van der Waals surface area (Å²) in [5, 5.41) is 2.78. The summed E-state index contributed by atoms with van der Waals surface area (Å²) < 4.78 is 10.4. The molecule has 130 valence electrons. The molecule has 7 heteroatoms. The second kappa shape index (κ2) is 6.72. The van der Waals surface area contributed by atoms with Crippen LogP contribution in [-0.2, 0) is 11.2 Å². The molecule has 0 bridgehead atoms. The smallest absolute Gasteiger partial charge is 0.327 e. The van der Waals surface area contributed by atoms with E-state index in [1.54, 1.807) is 31.4 Å². The van der Waals surface area contributed by atoms with Crippen molar-refractivity contribution in [3.63, 3.8) is 0 Å². The SMILES string of the molecule is COc1ccc(NC(=O)N2c3ccccc3C[C@@H]2C(N)=O)c(OC)c1. The van der Waals surface area contributed by atoms with Crippen molar-refractivity contribution in [3.05, 3.63) is 48.0 Å². The summed E-state index contributed by atoms with van der Waals surface area (Å²) >= 11 is 0. The molecule has 2 aromatic rings. The molecule has 0 saturated carbocycles. The number of benzene rings is 2. The normalized spacial score (nSPS) is 15.4.